The lowest BCUT2D eigenvalue weighted by Gasteiger charge is -2.10. The maximum Gasteiger partial charge on any atom is 0.338 e. The quantitative estimate of drug-likeness (QED) is 0.748. The minimum atomic E-state index is -0.741. The van der Waals surface area contributed by atoms with E-state index in [4.69, 9.17) is 14.6 Å². The van der Waals surface area contributed by atoms with Crippen molar-refractivity contribution in [3.63, 3.8) is 0 Å². The molecule has 0 aliphatic carbocycles. The molecule has 0 saturated heterocycles. The molecule has 0 aliphatic rings. The van der Waals surface area contributed by atoms with Crippen molar-refractivity contribution in [3.8, 4) is 5.75 Å². The highest BCUT2D eigenvalue weighted by atomic mass is 16.5. The van der Waals surface area contributed by atoms with Crippen LogP contribution < -0.4 is 4.74 Å². The molecule has 0 bridgehead atoms. The molecule has 1 aromatic rings. The van der Waals surface area contributed by atoms with Crippen molar-refractivity contribution in [1.82, 2.24) is 0 Å². The zero-order valence-electron chi connectivity index (χ0n) is 14.1. The second-order valence-electron chi connectivity index (χ2n) is 5.11. The van der Waals surface area contributed by atoms with Gasteiger partial charge < -0.3 is 19.7 Å². The number of carbonyl (C=O) groups is 2. The molecule has 0 aromatic heterocycles. The predicted molar refractivity (Wildman–Crippen MR) is 86.7 cm³/mol. The third kappa shape index (κ3) is 9.52. The van der Waals surface area contributed by atoms with Crippen LogP contribution in [-0.2, 0) is 9.53 Å². The van der Waals surface area contributed by atoms with Gasteiger partial charge in [-0.05, 0) is 37.6 Å². The summed E-state index contributed by atoms with van der Waals surface area (Å²) >= 11 is 0. The van der Waals surface area contributed by atoms with Gasteiger partial charge in [-0.1, -0.05) is 20.8 Å². The molecule has 1 rings (SSSR count). The fraction of sp³-hybridized carbons (Fsp3) is 0.529. The van der Waals surface area contributed by atoms with Crippen molar-refractivity contribution >= 4 is 11.9 Å². The number of aliphatic hydroxyl groups excluding tert-OH is 1. The Kier molecular flexibility index (Phi) is 10.4. The highest BCUT2D eigenvalue weighted by Gasteiger charge is 2.06. The van der Waals surface area contributed by atoms with Gasteiger partial charge in [0, 0.05) is 0 Å². The minimum absolute atomic E-state index is 0.231. The first-order chi connectivity index (χ1) is 10.8. The van der Waals surface area contributed by atoms with Crippen LogP contribution in [0.25, 0.3) is 0 Å². The number of hydrogen-bond acceptors (Lipinski definition) is 5. The highest BCUT2D eigenvalue weighted by molar-refractivity contribution is 5.89. The smallest absolute Gasteiger partial charge is 0.338 e. The number of aliphatic carboxylic acids is 1. The van der Waals surface area contributed by atoms with Gasteiger partial charge in [-0.2, -0.15) is 0 Å². The van der Waals surface area contributed by atoms with Crippen LogP contribution in [-0.4, -0.2) is 41.5 Å². The molecule has 1 aromatic carbocycles. The Bertz CT molecular complexity index is 466. The van der Waals surface area contributed by atoms with Crippen molar-refractivity contribution in [2.24, 2.45) is 5.92 Å². The van der Waals surface area contributed by atoms with E-state index in [2.05, 4.69) is 0 Å². The lowest BCUT2D eigenvalue weighted by molar-refractivity contribution is -0.140. The molecule has 6 nitrogen and oxygen atoms in total. The third-order valence-electron chi connectivity index (χ3n) is 2.77. The molecule has 6 heteroatoms. The van der Waals surface area contributed by atoms with E-state index < -0.39 is 12.1 Å². The summed E-state index contributed by atoms with van der Waals surface area (Å²) in [7, 11) is 0. The van der Waals surface area contributed by atoms with Crippen molar-refractivity contribution < 1.29 is 29.3 Å². The summed E-state index contributed by atoms with van der Waals surface area (Å²) in [5.74, 6) is -0.682. The van der Waals surface area contributed by atoms with E-state index in [1.54, 1.807) is 45.0 Å². The lowest BCUT2D eigenvalue weighted by atomic mass is 10.2. The largest absolute Gasteiger partial charge is 0.491 e. The van der Waals surface area contributed by atoms with Gasteiger partial charge in [0.1, 0.15) is 12.4 Å². The number of rotatable bonds is 7. The van der Waals surface area contributed by atoms with Gasteiger partial charge in [0.15, 0.2) is 0 Å². The predicted octanol–water partition coefficient (Wildman–Crippen LogP) is 2.74. The Labute approximate surface area is 137 Å². The molecule has 0 saturated carbocycles. The van der Waals surface area contributed by atoms with Crippen LogP contribution in [0.3, 0.4) is 0 Å². The van der Waals surface area contributed by atoms with Gasteiger partial charge in [0.2, 0.25) is 0 Å². The Hall–Kier alpha value is -2.08. The third-order valence-corrected chi connectivity index (χ3v) is 2.77. The SMILES string of the molecule is CC(C)C(=O)O.CCOC(=O)c1ccc(OCC(O)CC)cc1. The number of esters is 1. The number of hydrogen-bond donors (Lipinski definition) is 2. The number of carboxylic acids is 1. The second-order valence-corrected chi connectivity index (χ2v) is 5.11. The molecule has 23 heavy (non-hydrogen) atoms. The molecule has 0 spiro atoms. The summed E-state index contributed by atoms with van der Waals surface area (Å²) in [6, 6.07) is 6.67. The Morgan fingerprint density at radius 2 is 1.65 bits per heavy atom. The van der Waals surface area contributed by atoms with E-state index in [1.807, 2.05) is 6.92 Å². The van der Waals surface area contributed by atoms with Crippen molar-refractivity contribution in [1.29, 1.82) is 0 Å². The summed E-state index contributed by atoms with van der Waals surface area (Å²) in [6.07, 6.45) is 0.195. The zero-order valence-corrected chi connectivity index (χ0v) is 14.1. The van der Waals surface area contributed by atoms with Gasteiger partial charge >= 0.3 is 11.9 Å². The Balaban J connectivity index is 0.000000688. The zero-order chi connectivity index (χ0) is 17.8. The topological polar surface area (TPSA) is 93.1 Å². The van der Waals surface area contributed by atoms with E-state index in [9.17, 15) is 14.7 Å². The molecule has 0 heterocycles. The van der Waals surface area contributed by atoms with Gasteiger partial charge in [-0.3, -0.25) is 4.79 Å². The van der Waals surface area contributed by atoms with Crippen molar-refractivity contribution in [3.05, 3.63) is 29.8 Å². The van der Waals surface area contributed by atoms with E-state index >= 15 is 0 Å². The van der Waals surface area contributed by atoms with Gasteiger partial charge in [0.05, 0.1) is 24.2 Å². The standard InChI is InChI=1S/C13H18O4.C4H8O2/c1-3-11(14)9-17-12-7-5-10(6-8-12)13(15)16-4-2;1-3(2)4(5)6/h5-8,11,14H,3-4,9H2,1-2H3;3H,1-2H3,(H,5,6). The van der Waals surface area contributed by atoms with Crippen molar-refractivity contribution in [2.75, 3.05) is 13.2 Å². The average Bonchev–Trinajstić information content (AvgIpc) is 2.53. The van der Waals surface area contributed by atoms with Gasteiger partial charge in [-0.15, -0.1) is 0 Å². The normalized spacial score (nSPS) is 11.2. The Morgan fingerprint density at radius 3 is 2.04 bits per heavy atom. The average molecular weight is 326 g/mol. The molecule has 130 valence electrons. The molecular weight excluding hydrogens is 300 g/mol. The molecule has 0 amide bonds. The van der Waals surface area contributed by atoms with Gasteiger partial charge in [-0.25, -0.2) is 4.79 Å². The number of aliphatic hydroxyl groups is 1. The number of carbonyl (C=O) groups excluding carboxylic acids is 1. The summed E-state index contributed by atoms with van der Waals surface area (Å²) in [5, 5.41) is 17.3. The minimum Gasteiger partial charge on any atom is -0.491 e. The number of benzene rings is 1. The maximum absolute atomic E-state index is 11.4. The van der Waals surface area contributed by atoms with Crippen LogP contribution in [0.2, 0.25) is 0 Å². The van der Waals surface area contributed by atoms with Crippen LogP contribution in [0.4, 0.5) is 0 Å². The first kappa shape index (κ1) is 20.9. The fourth-order valence-electron chi connectivity index (χ4n) is 1.21. The lowest BCUT2D eigenvalue weighted by Crippen LogP contribution is -2.16. The van der Waals surface area contributed by atoms with Crippen LogP contribution in [0.1, 0.15) is 44.5 Å². The number of carboxylic acid groups (broad SMARTS) is 1. The van der Waals surface area contributed by atoms with E-state index in [1.165, 1.54) is 0 Å². The molecule has 0 aliphatic heterocycles. The van der Waals surface area contributed by atoms with Crippen LogP contribution in [0.15, 0.2) is 24.3 Å². The summed E-state index contributed by atoms with van der Waals surface area (Å²) in [4.78, 5) is 21.1. The maximum atomic E-state index is 11.4. The molecule has 0 radical (unpaired) electrons. The monoisotopic (exact) mass is 326 g/mol. The highest BCUT2D eigenvalue weighted by Crippen LogP contribution is 2.13. The molecule has 2 N–H and O–H groups in total. The molecule has 1 atom stereocenters. The summed E-state index contributed by atoms with van der Waals surface area (Å²) in [6.45, 7) is 7.55. The van der Waals surface area contributed by atoms with Gasteiger partial charge in [0.25, 0.3) is 0 Å². The Morgan fingerprint density at radius 1 is 1.13 bits per heavy atom. The molecular formula is C17H26O6. The van der Waals surface area contributed by atoms with E-state index in [-0.39, 0.29) is 18.5 Å². The number of ether oxygens (including phenoxy) is 2. The van der Waals surface area contributed by atoms with Crippen molar-refractivity contribution in [2.45, 2.75) is 40.2 Å². The fourth-order valence-corrected chi connectivity index (χ4v) is 1.21. The second kappa shape index (κ2) is 11.5. The van der Waals surface area contributed by atoms with Crippen LogP contribution in [0.5, 0.6) is 5.75 Å². The van der Waals surface area contributed by atoms with E-state index in [0.717, 1.165) is 0 Å². The van der Waals surface area contributed by atoms with E-state index in [0.29, 0.717) is 24.3 Å². The summed E-state index contributed by atoms with van der Waals surface area (Å²) in [5.41, 5.74) is 0.496. The molecule has 0 fully saturated rings. The van der Waals surface area contributed by atoms with Crippen LogP contribution >= 0.6 is 0 Å². The summed E-state index contributed by atoms with van der Waals surface area (Å²) < 4.78 is 10.2. The first-order valence-electron chi connectivity index (χ1n) is 7.62. The first-order valence-corrected chi connectivity index (χ1v) is 7.62. The molecule has 1 unspecified atom stereocenters. The van der Waals surface area contributed by atoms with Crippen LogP contribution in [0, 0.1) is 5.92 Å².